The van der Waals surface area contributed by atoms with Crippen molar-refractivity contribution in [1.29, 1.82) is 0 Å². The molecule has 0 spiro atoms. The lowest BCUT2D eigenvalue weighted by Gasteiger charge is -2.41. The maximum atomic E-state index is 5.99. The van der Waals surface area contributed by atoms with Gasteiger partial charge in [0.2, 0.25) is 0 Å². The fourth-order valence-electron chi connectivity index (χ4n) is 3.06. The molecule has 0 aromatic carbocycles. The first-order chi connectivity index (χ1) is 9.34. The van der Waals surface area contributed by atoms with Crippen molar-refractivity contribution in [3.05, 3.63) is 21.0 Å². The van der Waals surface area contributed by atoms with Gasteiger partial charge in [-0.25, -0.2) is 0 Å². The van der Waals surface area contributed by atoms with Crippen molar-refractivity contribution in [3.8, 4) is 0 Å². The molecule has 1 fully saturated rings. The summed E-state index contributed by atoms with van der Waals surface area (Å²) in [6.07, 6.45) is 5.04. The molecule has 20 heavy (non-hydrogen) atoms. The van der Waals surface area contributed by atoms with E-state index in [2.05, 4.69) is 57.7 Å². The molecule has 0 saturated heterocycles. The lowest BCUT2D eigenvalue weighted by molar-refractivity contribution is 0.0879. The van der Waals surface area contributed by atoms with E-state index in [0.717, 1.165) is 14.9 Å². The first-order valence-electron chi connectivity index (χ1n) is 7.21. The molecule has 1 aromatic heterocycles. The molecule has 5 heteroatoms. The maximum absolute atomic E-state index is 5.99. The molecule has 2 N–H and O–H groups in total. The third-order valence-electron chi connectivity index (χ3n) is 4.59. The van der Waals surface area contributed by atoms with Gasteiger partial charge in [-0.15, -0.1) is 0 Å². The lowest BCUT2D eigenvalue weighted by Crippen LogP contribution is -2.41. The van der Waals surface area contributed by atoms with Gasteiger partial charge in [0.1, 0.15) is 5.76 Å². The van der Waals surface area contributed by atoms with E-state index in [-0.39, 0.29) is 6.04 Å². The van der Waals surface area contributed by atoms with Crippen molar-refractivity contribution >= 4 is 31.9 Å². The zero-order chi connectivity index (χ0) is 14.9. The first-order valence-corrected chi connectivity index (χ1v) is 8.79. The predicted molar refractivity (Wildman–Crippen MR) is 89.7 cm³/mol. The number of halogens is 2. The van der Waals surface area contributed by atoms with Gasteiger partial charge >= 0.3 is 0 Å². The summed E-state index contributed by atoms with van der Waals surface area (Å²) in [6.45, 7) is 5.30. The van der Waals surface area contributed by atoms with Crippen LogP contribution >= 0.6 is 31.9 Å². The molecule has 1 unspecified atom stereocenters. The summed E-state index contributed by atoms with van der Waals surface area (Å²) in [5, 5.41) is 0. The monoisotopic (exact) mass is 406 g/mol. The zero-order valence-electron chi connectivity index (χ0n) is 12.5. The molecule has 1 aromatic rings. The number of nitrogens with zero attached hydrogens (tertiary/aromatic N) is 1. The van der Waals surface area contributed by atoms with Gasteiger partial charge in [0.15, 0.2) is 4.67 Å². The molecular weight excluding hydrogens is 384 g/mol. The summed E-state index contributed by atoms with van der Waals surface area (Å²) < 4.78 is 7.46. The van der Waals surface area contributed by atoms with Gasteiger partial charge in [0.05, 0.1) is 10.5 Å². The van der Waals surface area contributed by atoms with E-state index in [1.54, 1.807) is 0 Å². The van der Waals surface area contributed by atoms with E-state index in [0.29, 0.717) is 18.0 Å². The Bertz CT molecular complexity index is 429. The van der Waals surface area contributed by atoms with Gasteiger partial charge in [-0.05, 0) is 76.1 Å². The van der Waals surface area contributed by atoms with Crippen LogP contribution in [0.3, 0.4) is 0 Å². The maximum Gasteiger partial charge on any atom is 0.183 e. The predicted octanol–water partition coefficient (Wildman–Crippen LogP) is 4.71. The van der Waals surface area contributed by atoms with Crippen LogP contribution in [-0.4, -0.2) is 24.5 Å². The van der Waals surface area contributed by atoms with E-state index in [1.807, 2.05) is 6.07 Å². The Morgan fingerprint density at radius 3 is 2.45 bits per heavy atom. The summed E-state index contributed by atoms with van der Waals surface area (Å²) >= 11 is 6.87. The number of hydrogen-bond acceptors (Lipinski definition) is 3. The third-order valence-corrected chi connectivity index (χ3v) is 6.30. The molecule has 0 aliphatic heterocycles. The second-order valence-electron chi connectivity index (χ2n) is 6.58. The molecular formula is C15H24Br2N2O. The Morgan fingerprint density at radius 1 is 1.40 bits per heavy atom. The van der Waals surface area contributed by atoms with Crippen LogP contribution in [0.25, 0.3) is 0 Å². The largest absolute Gasteiger partial charge is 0.451 e. The van der Waals surface area contributed by atoms with Gasteiger partial charge in [-0.1, -0.05) is 13.8 Å². The summed E-state index contributed by atoms with van der Waals surface area (Å²) in [7, 11) is 2.17. The number of rotatable bonds is 4. The van der Waals surface area contributed by atoms with Gasteiger partial charge < -0.3 is 10.2 Å². The number of hydrogen-bond donors (Lipinski definition) is 1. The van der Waals surface area contributed by atoms with E-state index < -0.39 is 0 Å². The standard InChI is InChI=1S/C15H24Br2N2O/c1-15(2)6-4-10(5-7-15)19(3)12(9-18)13-8-11(16)14(17)20-13/h8,10,12H,4-7,9,18H2,1-3H3. The van der Waals surface area contributed by atoms with E-state index in [1.165, 1.54) is 25.7 Å². The van der Waals surface area contributed by atoms with Crippen LogP contribution in [0.1, 0.15) is 51.3 Å². The van der Waals surface area contributed by atoms with E-state index in [9.17, 15) is 0 Å². The van der Waals surface area contributed by atoms with Gasteiger partial charge in [-0.2, -0.15) is 0 Å². The molecule has 0 amide bonds. The van der Waals surface area contributed by atoms with E-state index >= 15 is 0 Å². The summed E-state index contributed by atoms with van der Waals surface area (Å²) in [6, 6.07) is 2.76. The molecule has 1 atom stereocenters. The highest BCUT2D eigenvalue weighted by atomic mass is 79.9. The minimum atomic E-state index is 0.142. The molecule has 1 aliphatic carbocycles. The highest BCUT2D eigenvalue weighted by molar-refractivity contribution is 9.13. The highest BCUT2D eigenvalue weighted by Gasteiger charge is 2.32. The third kappa shape index (κ3) is 3.67. The SMILES string of the molecule is CN(C1CCC(C)(C)CC1)C(CN)c1cc(Br)c(Br)o1. The molecule has 114 valence electrons. The Morgan fingerprint density at radius 2 is 2.00 bits per heavy atom. The van der Waals surface area contributed by atoms with Crippen molar-refractivity contribution < 1.29 is 4.42 Å². The molecule has 1 aliphatic rings. The molecule has 1 heterocycles. The van der Waals surface area contributed by atoms with Crippen molar-refractivity contribution in [2.45, 2.75) is 51.6 Å². The second-order valence-corrected chi connectivity index (χ2v) is 8.16. The normalized spacial score (nSPS) is 21.4. The smallest absolute Gasteiger partial charge is 0.183 e. The lowest BCUT2D eigenvalue weighted by atomic mass is 9.75. The zero-order valence-corrected chi connectivity index (χ0v) is 15.6. The fourth-order valence-corrected chi connectivity index (χ4v) is 3.66. The summed E-state index contributed by atoms with van der Waals surface area (Å²) in [4.78, 5) is 2.40. The Balaban J connectivity index is 2.08. The van der Waals surface area contributed by atoms with Crippen LogP contribution in [0.2, 0.25) is 0 Å². The van der Waals surface area contributed by atoms with Gasteiger partial charge in [0, 0.05) is 12.6 Å². The Labute approximate surface area is 138 Å². The molecule has 1 saturated carbocycles. The summed E-state index contributed by atoms with van der Waals surface area (Å²) in [5.41, 5.74) is 6.49. The average molecular weight is 408 g/mol. The number of furan rings is 1. The van der Waals surface area contributed by atoms with E-state index in [4.69, 9.17) is 10.2 Å². The quantitative estimate of drug-likeness (QED) is 0.785. The topological polar surface area (TPSA) is 42.4 Å². The van der Waals surface area contributed by atoms with Crippen LogP contribution < -0.4 is 5.73 Å². The molecule has 3 nitrogen and oxygen atoms in total. The van der Waals surface area contributed by atoms with Gasteiger partial charge in [-0.3, -0.25) is 4.90 Å². The average Bonchev–Trinajstić information content (AvgIpc) is 2.70. The highest BCUT2D eigenvalue weighted by Crippen LogP contribution is 2.39. The first kappa shape index (κ1) is 16.5. The Hall–Kier alpha value is 0.160. The number of likely N-dealkylation sites (N-methyl/N-ethyl adjacent to an activating group) is 1. The van der Waals surface area contributed by atoms with Crippen LogP contribution in [0, 0.1) is 5.41 Å². The fraction of sp³-hybridized carbons (Fsp3) is 0.733. The second kappa shape index (κ2) is 6.51. The van der Waals surface area contributed by atoms with Crippen molar-refractivity contribution in [2.24, 2.45) is 11.1 Å². The van der Waals surface area contributed by atoms with Crippen LogP contribution in [0.5, 0.6) is 0 Å². The summed E-state index contributed by atoms with van der Waals surface area (Å²) in [5.74, 6) is 0.929. The minimum Gasteiger partial charge on any atom is -0.451 e. The van der Waals surface area contributed by atoms with Crippen LogP contribution in [-0.2, 0) is 0 Å². The Kier molecular flexibility index (Phi) is 5.38. The van der Waals surface area contributed by atoms with Crippen LogP contribution in [0.4, 0.5) is 0 Å². The van der Waals surface area contributed by atoms with Crippen molar-refractivity contribution in [3.63, 3.8) is 0 Å². The molecule has 0 radical (unpaired) electrons. The number of nitrogens with two attached hydrogens (primary N) is 1. The van der Waals surface area contributed by atoms with Crippen molar-refractivity contribution in [1.82, 2.24) is 4.90 Å². The van der Waals surface area contributed by atoms with Gasteiger partial charge in [0.25, 0.3) is 0 Å². The van der Waals surface area contributed by atoms with Crippen LogP contribution in [0.15, 0.2) is 19.6 Å². The van der Waals surface area contributed by atoms with Crippen molar-refractivity contribution in [2.75, 3.05) is 13.6 Å². The molecule has 0 bridgehead atoms. The molecule has 2 rings (SSSR count). The minimum absolute atomic E-state index is 0.142.